The Hall–Kier alpha value is -0.0800. The van der Waals surface area contributed by atoms with Crippen molar-refractivity contribution in [2.45, 2.75) is 51.7 Å². The van der Waals surface area contributed by atoms with Crippen LogP contribution in [0.25, 0.3) is 0 Å². The number of hydrogen-bond acceptors (Lipinski definition) is 2. The van der Waals surface area contributed by atoms with Crippen molar-refractivity contribution in [3.8, 4) is 0 Å². The molecule has 12 heavy (non-hydrogen) atoms. The predicted octanol–water partition coefficient (Wildman–Crippen LogP) is 1.55. The zero-order valence-corrected chi connectivity index (χ0v) is 8.03. The van der Waals surface area contributed by atoms with E-state index in [1.54, 1.807) is 6.92 Å². The van der Waals surface area contributed by atoms with E-state index in [2.05, 4.69) is 6.92 Å². The van der Waals surface area contributed by atoms with Crippen molar-refractivity contribution in [3.05, 3.63) is 0 Å². The minimum absolute atomic E-state index is 0.115. The van der Waals surface area contributed by atoms with E-state index in [9.17, 15) is 10.2 Å². The van der Waals surface area contributed by atoms with Gasteiger partial charge in [0, 0.05) is 5.92 Å². The Morgan fingerprint density at radius 1 is 1.42 bits per heavy atom. The first-order valence-corrected chi connectivity index (χ1v) is 5.03. The Morgan fingerprint density at radius 2 is 2.08 bits per heavy atom. The summed E-state index contributed by atoms with van der Waals surface area (Å²) in [6.07, 6.45) is 3.67. The van der Waals surface area contributed by atoms with Crippen LogP contribution in [0.15, 0.2) is 0 Å². The molecule has 2 heteroatoms. The van der Waals surface area contributed by atoms with E-state index in [0.717, 1.165) is 25.7 Å². The summed E-state index contributed by atoms with van der Waals surface area (Å²) in [5, 5.41) is 19.2. The normalized spacial score (nSPS) is 39.5. The third-order valence-corrected chi connectivity index (χ3v) is 3.18. The van der Waals surface area contributed by atoms with Gasteiger partial charge in [-0.25, -0.2) is 0 Å². The summed E-state index contributed by atoms with van der Waals surface area (Å²) in [5.74, 6) is 0.530. The van der Waals surface area contributed by atoms with Crippen molar-refractivity contribution in [1.82, 2.24) is 0 Å². The maximum absolute atomic E-state index is 9.84. The van der Waals surface area contributed by atoms with Gasteiger partial charge in [-0.1, -0.05) is 19.8 Å². The molecule has 0 aromatic rings. The lowest BCUT2D eigenvalue weighted by Crippen LogP contribution is -2.38. The average Bonchev–Trinajstić information content (AvgIpc) is 2.04. The minimum atomic E-state index is -0.352. The SMILES string of the molecule is CCC1CCCC(C(C)O)C1O. The highest BCUT2D eigenvalue weighted by atomic mass is 16.3. The third kappa shape index (κ3) is 1.99. The van der Waals surface area contributed by atoms with Crippen LogP contribution in [0.3, 0.4) is 0 Å². The van der Waals surface area contributed by atoms with Crippen molar-refractivity contribution in [3.63, 3.8) is 0 Å². The molecule has 0 radical (unpaired) electrons. The van der Waals surface area contributed by atoms with Crippen molar-refractivity contribution in [2.24, 2.45) is 11.8 Å². The molecule has 0 saturated heterocycles. The first-order valence-electron chi connectivity index (χ1n) is 5.03. The van der Waals surface area contributed by atoms with Crippen LogP contribution in [0.5, 0.6) is 0 Å². The Bertz CT molecular complexity index is 134. The van der Waals surface area contributed by atoms with Gasteiger partial charge < -0.3 is 10.2 Å². The molecule has 0 aromatic carbocycles. The summed E-state index contributed by atoms with van der Waals surface area (Å²) >= 11 is 0. The molecule has 4 atom stereocenters. The first-order chi connectivity index (χ1) is 5.66. The highest BCUT2D eigenvalue weighted by molar-refractivity contribution is 4.83. The molecule has 72 valence electrons. The van der Waals surface area contributed by atoms with Gasteiger partial charge in [-0.15, -0.1) is 0 Å². The Morgan fingerprint density at radius 3 is 2.58 bits per heavy atom. The van der Waals surface area contributed by atoms with Crippen LogP contribution in [0, 0.1) is 11.8 Å². The van der Waals surface area contributed by atoms with Gasteiger partial charge in [0.2, 0.25) is 0 Å². The van der Waals surface area contributed by atoms with Crippen LogP contribution >= 0.6 is 0 Å². The molecule has 0 aromatic heterocycles. The van der Waals surface area contributed by atoms with Gasteiger partial charge in [-0.05, 0) is 25.7 Å². The van der Waals surface area contributed by atoms with Crippen LogP contribution in [0.2, 0.25) is 0 Å². The van der Waals surface area contributed by atoms with Gasteiger partial charge in [0.25, 0.3) is 0 Å². The average molecular weight is 172 g/mol. The molecule has 1 aliphatic carbocycles. The molecule has 0 bridgehead atoms. The molecule has 0 heterocycles. The molecular formula is C10H20O2. The van der Waals surface area contributed by atoms with E-state index in [4.69, 9.17) is 0 Å². The smallest absolute Gasteiger partial charge is 0.0620 e. The quantitative estimate of drug-likeness (QED) is 0.663. The molecule has 1 fully saturated rings. The zero-order valence-electron chi connectivity index (χ0n) is 8.03. The Balaban J connectivity index is 2.53. The number of hydrogen-bond donors (Lipinski definition) is 2. The summed E-state index contributed by atoms with van der Waals surface area (Å²) in [6, 6.07) is 0. The second-order valence-corrected chi connectivity index (χ2v) is 3.99. The van der Waals surface area contributed by atoms with Gasteiger partial charge in [0.1, 0.15) is 0 Å². The minimum Gasteiger partial charge on any atom is -0.393 e. The van der Waals surface area contributed by atoms with Crippen molar-refractivity contribution in [1.29, 1.82) is 0 Å². The maximum atomic E-state index is 9.84. The lowest BCUT2D eigenvalue weighted by molar-refractivity contribution is -0.0387. The molecular weight excluding hydrogens is 152 g/mol. The predicted molar refractivity (Wildman–Crippen MR) is 48.8 cm³/mol. The largest absolute Gasteiger partial charge is 0.393 e. The molecule has 0 amide bonds. The molecule has 0 spiro atoms. The number of aliphatic hydroxyl groups is 2. The van der Waals surface area contributed by atoms with Crippen molar-refractivity contribution < 1.29 is 10.2 Å². The molecule has 2 nitrogen and oxygen atoms in total. The van der Waals surface area contributed by atoms with E-state index < -0.39 is 0 Å². The van der Waals surface area contributed by atoms with Crippen LogP contribution in [0.1, 0.15) is 39.5 Å². The fraction of sp³-hybridized carbons (Fsp3) is 1.00. The van der Waals surface area contributed by atoms with E-state index in [0.29, 0.717) is 5.92 Å². The van der Waals surface area contributed by atoms with Crippen molar-refractivity contribution in [2.75, 3.05) is 0 Å². The Labute approximate surface area is 74.6 Å². The van der Waals surface area contributed by atoms with Gasteiger partial charge in [-0.3, -0.25) is 0 Å². The van der Waals surface area contributed by atoms with Gasteiger partial charge in [-0.2, -0.15) is 0 Å². The molecule has 2 N–H and O–H groups in total. The maximum Gasteiger partial charge on any atom is 0.0620 e. The third-order valence-electron chi connectivity index (χ3n) is 3.18. The lowest BCUT2D eigenvalue weighted by atomic mass is 9.75. The Kier molecular flexibility index (Phi) is 3.53. The van der Waals surface area contributed by atoms with E-state index in [1.165, 1.54) is 0 Å². The van der Waals surface area contributed by atoms with Crippen LogP contribution < -0.4 is 0 Å². The highest BCUT2D eigenvalue weighted by Gasteiger charge is 2.33. The fourth-order valence-corrected chi connectivity index (χ4v) is 2.28. The van der Waals surface area contributed by atoms with E-state index in [1.807, 2.05) is 0 Å². The van der Waals surface area contributed by atoms with Gasteiger partial charge >= 0.3 is 0 Å². The summed E-state index contributed by atoms with van der Waals surface area (Å²) in [6.45, 7) is 3.89. The first kappa shape index (κ1) is 10.0. The molecule has 4 unspecified atom stereocenters. The number of aliphatic hydroxyl groups excluding tert-OH is 2. The van der Waals surface area contributed by atoms with Crippen molar-refractivity contribution >= 4 is 0 Å². The standard InChI is InChI=1S/C10H20O2/c1-3-8-5-4-6-9(7(2)11)10(8)12/h7-12H,3-6H2,1-2H3. The second kappa shape index (κ2) is 4.24. The zero-order chi connectivity index (χ0) is 9.14. The van der Waals surface area contributed by atoms with Crippen LogP contribution in [-0.2, 0) is 0 Å². The van der Waals surface area contributed by atoms with Crippen LogP contribution in [0.4, 0.5) is 0 Å². The molecule has 1 aliphatic rings. The van der Waals surface area contributed by atoms with Gasteiger partial charge in [0.15, 0.2) is 0 Å². The van der Waals surface area contributed by atoms with Crippen LogP contribution in [-0.4, -0.2) is 22.4 Å². The van der Waals surface area contributed by atoms with Gasteiger partial charge in [0.05, 0.1) is 12.2 Å². The summed E-state index contributed by atoms with van der Waals surface area (Å²) in [4.78, 5) is 0. The molecule has 1 saturated carbocycles. The van der Waals surface area contributed by atoms with E-state index in [-0.39, 0.29) is 18.1 Å². The summed E-state index contributed by atoms with van der Waals surface area (Å²) in [5.41, 5.74) is 0. The summed E-state index contributed by atoms with van der Waals surface area (Å²) < 4.78 is 0. The highest BCUT2D eigenvalue weighted by Crippen LogP contribution is 2.33. The monoisotopic (exact) mass is 172 g/mol. The molecule has 0 aliphatic heterocycles. The number of rotatable bonds is 2. The molecule has 1 rings (SSSR count). The topological polar surface area (TPSA) is 40.5 Å². The second-order valence-electron chi connectivity index (χ2n) is 3.99. The summed E-state index contributed by atoms with van der Waals surface area (Å²) in [7, 11) is 0. The van der Waals surface area contributed by atoms with E-state index >= 15 is 0 Å². The fourth-order valence-electron chi connectivity index (χ4n) is 2.28. The lowest BCUT2D eigenvalue weighted by Gasteiger charge is -2.35.